The van der Waals surface area contributed by atoms with E-state index in [0.717, 1.165) is 50.0 Å². The monoisotopic (exact) mass is 405 g/mol. The molecule has 3 aromatic rings. The van der Waals surface area contributed by atoms with Crippen molar-refractivity contribution in [2.75, 3.05) is 26.2 Å². The first-order valence-corrected chi connectivity index (χ1v) is 10.8. The molecule has 1 N–H and O–H groups in total. The molecule has 1 atom stereocenters. The number of rotatable bonds is 7. The molecule has 0 radical (unpaired) electrons. The minimum absolute atomic E-state index is 0.537. The van der Waals surface area contributed by atoms with E-state index >= 15 is 0 Å². The molecule has 4 rings (SSSR count). The Kier molecular flexibility index (Phi) is 6.64. The van der Waals surface area contributed by atoms with Gasteiger partial charge in [-0.15, -0.1) is 0 Å². The van der Waals surface area contributed by atoms with Crippen LogP contribution in [0.3, 0.4) is 0 Å². The minimum Gasteiger partial charge on any atom is -0.376 e. The Bertz CT molecular complexity index is 982. The van der Waals surface area contributed by atoms with Gasteiger partial charge in [0.2, 0.25) is 0 Å². The van der Waals surface area contributed by atoms with Gasteiger partial charge in [-0.05, 0) is 38.0 Å². The predicted molar refractivity (Wildman–Crippen MR) is 121 cm³/mol. The summed E-state index contributed by atoms with van der Waals surface area (Å²) < 4.78 is 8.08. The van der Waals surface area contributed by atoms with Crippen LogP contribution < -0.4 is 5.32 Å². The number of aliphatic imine (C=N–C) groups is 1. The van der Waals surface area contributed by atoms with Crippen LogP contribution in [-0.2, 0) is 17.9 Å². The first kappa shape index (κ1) is 20.4. The fraction of sp³-hybridized carbons (Fsp3) is 0.417. The zero-order valence-electron chi connectivity index (χ0n) is 17.9. The van der Waals surface area contributed by atoms with Crippen LogP contribution in [0.5, 0.6) is 0 Å². The molecule has 2 aromatic heterocycles. The van der Waals surface area contributed by atoms with E-state index in [1.807, 2.05) is 18.2 Å². The number of aromatic nitrogens is 2. The molecule has 0 amide bonds. The van der Waals surface area contributed by atoms with E-state index in [9.17, 15) is 0 Å². The number of aryl methyl sites for hydroxylation is 1. The Hall–Kier alpha value is -2.86. The molecule has 1 saturated heterocycles. The van der Waals surface area contributed by atoms with Crippen molar-refractivity contribution in [2.45, 2.75) is 33.4 Å². The van der Waals surface area contributed by atoms with Crippen LogP contribution in [0, 0.1) is 12.8 Å². The Morgan fingerprint density at radius 3 is 2.87 bits per heavy atom. The van der Waals surface area contributed by atoms with Crippen molar-refractivity contribution >= 4 is 11.6 Å². The molecule has 1 aliphatic heterocycles. The van der Waals surface area contributed by atoms with Gasteiger partial charge in [-0.2, -0.15) is 0 Å². The van der Waals surface area contributed by atoms with Crippen molar-refractivity contribution in [3.05, 3.63) is 71.7 Å². The van der Waals surface area contributed by atoms with Gasteiger partial charge in [0.25, 0.3) is 0 Å². The van der Waals surface area contributed by atoms with Crippen LogP contribution in [-0.4, -0.2) is 46.5 Å². The second-order valence-corrected chi connectivity index (χ2v) is 7.90. The van der Waals surface area contributed by atoms with E-state index in [1.165, 1.54) is 11.3 Å². The summed E-state index contributed by atoms with van der Waals surface area (Å²) in [6.07, 6.45) is 3.22. The van der Waals surface area contributed by atoms with Crippen molar-refractivity contribution in [1.82, 2.24) is 19.6 Å². The second-order valence-electron chi connectivity index (χ2n) is 7.90. The highest BCUT2D eigenvalue weighted by atomic mass is 16.5. The molecule has 1 aromatic carbocycles. The second kappa shape index (κ2) is 9.76. The van der Waals surface area contributed by atoms with Gasteiger partial charge in [-0.1, -0.05) is 36.4 Å². The minimum atomic E-state index is 0.537. The number of likely N-dealkylation sites (tertiary alicyclic amines) is 1. The van der Waals surface area contributed by atoms with Crippen molar-refractivity contribution in [1.29, 1.82) is 0 Å². The Labute approximate surface area is 178 Å². The van der Waals surface area contributed by atoms with Crippen molar-refractivity contribution < 1.29 is 4.74 Å². The van der Waals surface area contributed by atoms with Crippen LogP contribution in [0.1, 0.15) is 30.3 Å². The highest BCUT2D eigenvalue weighted by Crippen LogP contribution is 2.18. The topological polar surface area (TPSA) is 54.2 Å². The number of ether oxygens (including phenoxy) is 1. The summed E-state index contributed by atoms with van der Waals surface area (Å²) in [6.45, 7) is 9.09. The Morgan fingerprint density at radius 2 is 2.07 bits per heavy atom. The van der Waals surface area contributed by atoms with E-state index in [1.54, 1.807) is 0 Å². The largest absolute Gasteiger partial charge is 0.376 e. The normalized spacial score (nSPS) is 17.1. The van der Waals surface area contributed by atoms with E-state index in [4.69, 9.17) is 14.7 Å². The fourth-order valence-corrected chi connectivity index (χ4v) is 3.94. The fourth-order valence-electron chi connectivity index (χ4n) is 3.94. The summed E-state index contributed by atoms with van der Waals surface area (Å²) >= 11 is 0. The lowest BCUT2D eigenvalue weighted by Gasteiger charge is -2.21. The third-order valence-electron chi connectivity index (χ3n) is 5.52. The van der Waals surface area contributed by atoms with Gasteiger partial charge in [0, 0.05) is 37.4 Å². The Morgan fingerprint density at radius 1 is 1.20 bits per heavy atom. The average Bonchev–Trinajstić information content (AvgIpc) is 3.40. The summed E-state index contributed by atoms with van der Waals surface area (Å²) in [6, 6.07) is 16.5. The standard InChI is InChI=1S/C24H31N5O/c1-3-25-24(26-14-22-16-29-19(2)8-7-11-23(29)27-22)28-13-12-21(15-28)18-30-17-20-9-5-4-6-10-20/h4-11,16,21H,3,12-15,17-18H2,1-2H3,(H,25,26). The third-order valence-corrected chi connectivity index (χ3v) is 5.52. The molecule has 30 heavy (non-hydrogen) atoms. The summed E-state index contributed by atoms with van der Waals surface area (Å²) in [7, 11) is 0. The number of guanidine groups is 1. The molecule has 0 saturated carbocycles. The molecule has 0 aliphatic carbocycles. The summed E-state index contributed by atoms with van der Waals surface area (Å²) in [5, 5.41) is 3.44. The quantitative estimate of drug-likeness (QED) is 0.482. The van der Waals surface area contributed by atoms with E-state index < -0.39 is 0 Å². The van der Waals surface area contributed by atoms with Gasteiger partial charge in [-0.3, -0.25) is 0 Å². The first-order valence-electron chi connectivity index (χ1n) is 10.8. The lowest BCUT2D eigenvalue weighted by atomic mass is 10.1. The lowest BCUT2D eigenvalue weighted by Crippen LogP contribution is -2.40. The average molecular weight is 406 g/mol. The molecule has 0 spiro atoms. The molecule has 158 valence electrons. The maximum Gasteiger partial charge on any atom is 0.194 e. The van der Waals surface area contributed by atoms with Crippen LogP contribution in [0.2, 0.25) is 0 Å². The van der Waals surface area contributed by atoms with Gasteiger partial charge in [0.1, 0.15) is 5.65 Å². The van der Waals surface area contributed by atoms with Crippen LogP contribution >= 0.6 is 0 Å². The number of fused-ring (bicyclic) bond motifs is 1. The molecule has 6 heteroatoms. The highest BCUT2D eigenvalue weighted by molar-refractivity contribution is 5.80. The summed E-state index contributed by atoms with van der Waals surface area (Å²) in [5.41, 5.74) is 4.37. The molecule has 1 fully saturated rings. The van der Waals surface area contributed by atoms with Gasteiger partial charge in [-0.25, -0.2) is 9.98 Å². The third kappa shape index (κ3) is 5.00. The molecule has 3 heterocycles. The number of nitrogens with one attached hydrogen (secondary N) is 1. The number of imidazole rings is 1. The number of hydrogen-bond acceptors (Lipinski definition) is 3. The van der Waals surface area contributed by atoms with E-state index in [-0.39, 0.29) is 0 Å². The lowest BCUT2D eigenvalue weighted by molar-refractivity contribution is 0.0906. The zero-order valence-corrected chi connectivity index (χ0v) is 17.9. The van der Waals surface area contributed by atoms with Crippen LogP contribution in [0.25, 0.3) is 5.65 Å². The van der Waals surface area contributed by atoms with E-state index in [2.05, 4.69) is 65.0 Å². The smallest absolute Gasteiger partial charge is 0.194 e. The van der Waals surface area contributed by atoms with Crippen molar-refractivity contribution in [3.63, 3.8) is 0 Å². The van der Waals surface area contributed by atoms with Gasteiger partial charge < -0.3 is 19.4 Å². The SMILES string of the molecule is CCNC(=NCc1cn2c(C)cccc2n1)N1CCC(COCc2ccccc2)C1. The van der Waals surface area contributed by atoms with Crippen LogP contribution in [0.4, 0.5) is 0 Å². The molecular weight excluding hydrogens is 374 g/mol. The van der Waals surface area contributed by atoms with E-state index in [0.29, 0.717) is 19.1 Å². The highest BCUT2D eigenvalue weighted by Gasteiger charge is 2.25. The van der Waals surface area contributed by atoms with Gasteiger partial charge >= 0.3 is 0 Å². The summed E-state index contributed by atoms with van der Waals surface area (Å²) in [4.78, 5) is 11.9. The zero-order chi connectivity index (χ0) is 20.8. The number of nitrogens with zero attached hydrogens (tertiary/aromatic N) is 4. The summed E-state index contributed by atoms with van der Waals surface area (Å²) in [5.74, 6) is 1.51. The molecule has 1 aliphatic rings. The molecule has 0 bridgehead atoms. The van der Waals surface area contributed by atoms with Crippen molar-refractivity contribution in [3.8, 4) is 0 Å². The number of pyridine rings is 1. The van der Waals surface area contributed by atoms with Crippen LogP contribution in [0.15, 0.2) is 59.7 Å². The molecule has 6 nitrogen and oxygen atoms in total. The first-order chi connectivity index (χ1) is 14.7. The Balaban J connectivity index is 1.33. The number of hydrogen-bond donors (Lipinski definition) is 1. The van der Waals surface area contributed by atoms with Crippen molar-refractivity contribution in [2.24, 2.45) is 10.9 Å². The van der Waals surface area contributed by atoms with Gasteiger partial charge in [0.15, 0.2) is 5.96 Å². The maximum absolute atomic E-state index is 5.97. The maximum atomic E-state index is 5.97. The van der Waals surface area contributed by atoms with Gasteiger partial charge in [0.05, 0.1) is 25.5 Å². The molecular formula is C24H31N5O. The predicted octanol–water partition coefficient (Wildman–Crippen LogP) is 3.65. The number of benzene rings is 1. The molecule has 1 unspecified atom stereocenters.